The number of nitrogens with zero attached hydrogens (tertiary/aromatic N) is 1. The lowest BCUT2D eigenvalue weighted by molar-refractivity contribution is -0.129. The van der Waals surface area contributed by atoms with Gasteiger partial charge in [-0.25, -0.2) is 0 Å². The van der Waals surface area contributed by atoms with Gasteiger partial charge in [0, 0.05) is 22.7 Å². The van der Waals surface area contributed by atoms with Crippen molar-refractivity contribution >= 4 is 12.5 Å². The smallest absolute Gasteiger partial charge is 0.293 e. The van der Waals surface area contributed by atoms with Crippen LogP contribution in [0.1, 0.15) is 81.2 Å². The van der Waals surface area contributed by atoms with Crippen LogP contribution in [-0.4, -0.2) is 22.2 Å². The summed E-state index contributed by atoms with van der Waals surface area (Å²) in [5, 5.41) is 10.6. The first-order valence-corrected chi connectivity index (χ1v) is 13.0. The van der Waals surface area contributed by atoms with Crippen LogP contribution in [0.15, 0.2) is 66.9 Å². The van der Waals surface area contributed by atoms with Crippen molar-refractivity contribution in [3.05, 3.63) is 94.7 Å². The second kappa shape index (κ2) is 12.1. The van der Waals surface area contributed by atoms with Gasteiger partial charge in [0.05, 0.1) is 11.3 Å². The summed E-state index contributed by atoms with van der Waals surface area (Å²) in [6.45, 7) is 11.4. The van der Waals surface area contributed by atoms with Gasteiger partial charge in [-0.3, -0.25) is 9.78 Å². The number of rotatable bonds is 12. The van der Waals surface area contributed by atoms with Crippen LogP contribution in [0.5, 0.6) is 0 Å². The van der Waals surface area contributed by atoms with Crippen molar-refractivity contribution in [2.45, 2.75) is 77.9 Å². The number of hydrogen-bond donors (Lipinski definition) is 1. The summed E-state index contributed by atoms with van der Waals surface area (Å²) < 4.78 is 4.80. The molecule has 4 heteroatoms. The van der Waals surface area contributed by atoms with E-state index in [1.807, 2.05) is 32.1 Å². The highest BCUT2D eigenvalue weighted by atomic mass is 16.5. The Bertz CT molecular complexity index is 1160. The molecule has 0 saturated carbocycles. The monoisotopic (exact) mass is 485 g/mol. The molecule has 0 aliphatic heterocycles. The summed E-state index contributed by atoms with van der Waals surface area (Å²) in [5.41, 5.74) is 6.94. The van der Waals surface area contributed by atoms with Crippen LogP contribution in [0, 0.1) is 6.92 Å². The van der Waals surface area contributed by atoms with Crippen LogP contribution in [0.3, 0.4) is 0 Å². The van der Waals surface area contributed by atoms with Gasteiger partial charge >= 0.3 is 0 Å². The van der Waals surface area contributed by atoms with Gasteiger partial charge in [-0.1, -0.05) is 88.4 Å². The molecule has 0 atom stereocenters. The molecule has 190 valence electrons. The molecular weight excluding hydrogens is 446 g/mol. The van der Waals surface area contributed by atoms with E-state index in [1.54, 1.807) is 6.20 Å². The fourth-order valence-corrected chi connectivity index (χ4v) is 4.90. The van der Waals surface area contributed by atoms with Crippen LogP contribution in [0.4, 0.5) is 0 Å². The number of hydrogen-bond acceptors (Lipinski definition) is 4. The Hall–Kier alpha value is -3.24. The Labute approximate surface area is 216 Å². The molecule has 0 bridgehead atoms. The third kappa shape index (κ3) is 5.93. The SMILES string of the molecule is CCC(O)(C=Cc1ccc(C(CC)(CC)c2ccc(-c3ccc(COC=O)cn3)cc2)cc1C)CC. The molecule has 2 aromatic carbocycles. The molecule has 0 radical (unpaired) electrons. The van der Waals surface area contributed by atoms with E-state index in [0.29, 0.717) is 19.3 Å². The molecule has 3 aromatic rings. The highest BCUT2D eigenvalue weighted by Gasteiger charge is 2.31. The summed E-state index contributed by atoms with van der Waals surface area (Å²) in [6.07, 6.45) is 9.14. The normalized spacial score (nSPS) is 12.2. The summed E-state index contributed by atoms with van der Waals surface area (Å²) >= 11 is 0. The number of aromatic nitrogens is 1. The quantitative estimate of drug-likeness (QED) is 0.272. The van der Waals surface area contributed by atoms with Gasteiger partial charge in [-0.2, -0.15) is 0 Å². The Morgan fingerprint density at radius 1 is 0.889 bits per heavy atom. The largest absolute Gasteiger partial charge is 0.463 e. The van der Waals surface area contributed by atoms with Gasteiger partial charge in [0.25, 0.3) is 6.47 Å². The van der Waals surface area contributed by atoms with Gasteiger partial charge in [0.15, 0.2) is 0 Å². The van der Waals surface area contributed by atoms with E-state index in [2.05, 4.69) is 74.3 Å². The van der Waals surface area contributed by atoms with E-state index in [0.717, 1.165) is 35.2 Å². The van der Waals surface area contributed by atoms with Crippen molar-refractivity contribution in [3.63, 3.8) is 0 Å². The maximum atomic E-state index is 10.6. The average molecular weight is 486 g/mol. The van der Waals surface area contributed by atoms with Crippen molar-refractivity contribution in [3.8, 4) is 11.3 Å². The predicted molar refractivity (Wildman–Crippen MR) is 148 cm³/mol. The molecule has 1 aromatic heterocycles. The Morgan fingerprint density at radius 2 is 1.56 bits per heavy atom. The Balaban J connectivity index is 1.89. The molecule has 1 heterocycles. The van der Waals surface area contributed by atoms with E-state index in [1.165, 1.54) is 16.7 Å². The first kappa shape index (κ1) is 27.3. The van der Waals surface area contributed by atoms with Gasteiger partial charge < -0.3 is 9.84 Å². The second-order valence-electron chi connectivity index (χ2n) is 9.54. The predicted octanol–water partition coefficient (Wildman–Crippen LogP) is 7.40. The highest BCUT2D eigenvalue weighted by Crippen LogP contribution is 2.40. The average Bonchev–Trinajstić information content (AvgIpc) is 2.93. The number of aliphatic hydroxyl groups is 1. The van der Waals surface area contributed by atoms with Gasteiger partial charge in [-0.05, 0) is 60.9 Å². The molecule has 4 nitrogen and oxygen atoms in total. The molecule has 3 rings (SSSR count). The van der Waals surface area contributed by atoms with Crippen molar-refractivity contribution in [2.24, 2.45) is 0 Å². The van der Waals surface area contributed by atoms with Crippen LogP contribution in [0.25, 0.3) is 17.3 Å². The van der Waals surface area contributed by atoms with Gasteiger partial charge in [0.2, 0.25) is 0 Å². The lowest BCUT2D eigenvalue weighted by Crippen LogP contribution is -2.26. The van der Waals surface area contributed by atoms with E-state index in [9.17, 15) is 9.90 Å². The van der Waals surface area contributed by atoms with Crippen molar-refractivity contribution in [2.75, 3.05) is 0 Å². The number of aryl methyl sites for hydroxylation is 1. The van der Waals surface area contributed by atoms with Crippen molar-refractivity contribution in [1.29, 1.82) is 0 Å². The molecule has 0 saturated heterocycles. The molecule has 36 heavy (non-hydrogen) atoms. The van der Waals surface area contributed by atoms with E-state index < -0.39 is 5.60 Å². The number of carbonyl (C=O) groups excluding carboxylic acids is 1. The number of ether oxygens (including phenoxy) is 1. The fourth-order valence-electron chi connectivity index (χ4n) is 4.90. The second-order valence-corrected chi connectivity index (χ2v) is 9.54. The van der Waals surface area contributed by atoms with E-state index in [4.69, 9.17) is 4.74 Å². The first-order chi connectivity index (χ1) is 17.3. The lowest BCUT2D eigenvalue weighted by Gasteiger charge is -2.34. The summed E-state index contributed by atoms with van der Waals surface area (Å²) in [5.74, 6) is 0. The molecule has 1 N–H and O–H groups in total. The van der Waals surface area contributed by atoms with E-state index >= 15 is 0 Å². The number of carbonyl (C=O) groups is 1. The van der Waals surface area contributed by atoms with Crippen LogP contribution < -0.4 is 0 Å². The highest BCUT2D eigenvalue weighted by molar-refractivity contribution is 5.61. The van der Waals surface area contributed by atoms with Crippen molar-refractivity contribution < 1.29 is 14.6 Å². The van der Waals surface area contributed by atoms with Crippen molar-refractivity contribution in [1.82, 2.24) is 4.98 Å². The lowest BCUT2D eigenvalue weighted by atomic mass is 9.70. The first-order valence-electron chi connectivity index (χ1n) is 13.0. The summed E-state index contributed by atoms with van der Waals surface area (Å²) in [6, 6.07) is 19.3. The zero-order valence-electron chi connectivity index (χ0n) is 22.3. The summed E-state index contributed by atoms with van der Waals surface area (Å²) in [4.78, 5) is 14.9. The van der Waals surface area contributed by atoms with Crippen LogP contribution in [-0.2, 0) is 21.6 Å². The number of pyridine rings is 1. The number of benzene rings is 2. The Kier molecular flexibility index (Phi) is 9.22. The molecular formula is C32H39NO3. The van der Waals surface area contributed by atoms with Crippen LogP contribution >= 0.6 is 0 Å². The molecule has 0 aliphatic rings. The zero-order chi connectivity index (χ0) is 26.2. The Morgan fingerprint density at radius 3 is 2.08 bits per heavy atom. The van der Waals surface area contributed by atoms with Crippen LogP contribution in [0.2, 0.25) is 0 Å². The van der Waals surface area contributed by atoms with Gasteiger partial charge in [-0.15, -0.1) is 0 Å². The third-order valence-corrected chi connectivity index (χ3v) is 7.70. The van der Waals surface area contributed by atoms with Gasteiger partial charge in [0.1, 0.15) is 6.61 Å². The maximum absolute atomic E-state index is 10.6. The standard InChI is InChI=1S/C32H39NO3/c1-6-31(35,7-2)19-18-26-11-16-29(20-24(26)5)32(8-3,9-4)28-14-12-27(13-15-28)30-17-10-25(21-33-30)22-36-23-34/h10-21,23,35H,6-9,22H2,1-5H3. The minimum absolute atomic E-state index is 0.0808. The molecule has 0 spiro atoms. The zero-order valence-corrected chi connectivity index (χ0v) is 22.3. The molecule has 0 aliphatic carbocycles. The fraction of sp³-hybridized carbons (Fsp3) is 0.375. The maximum Gasteiger partial charge on any atom is 0.293 e. The van der Waals surface area contributed by atoms with E-state index in [-0.39, 0.29) is 12.0 Å². The third-order valence-electron chi connectivity index (χ3n) is 7.70. The topological polar surface area (TPSA) is 59.4 Å². The molecule has 0 fully saturated rings. The minimum Gasteiger partial charge on any atom is -0.463 e. The minimum atomic E-state index is -0.748. The summed E-state index contributed by atoms with van der Waals surface area (Å²) in [7, 11) is 0. The molecule has 0 amide bonds. The molecule has 0 unspecified atom stereocenters.